The fourth-order valence-corrected chi connectivity index (χ4v) is 3.06. The van der Waals surface area contributed by atoms with Gasteiger partial charge in [-0.05, 0) is 42.5 Å². The van der Waals surface area contributed by atoms with Crippen molar-refractivity contribution < 1.29 is 14.3 Å². The smallest absolute Gasteiger partial charge is 0.235 e. The van der Waals surface area contributed by atoms with Crippen molar-refractivity contribution in [3.8, 4) is 22.8 Å². The quantitative estimate of drug-likeness (QED) is 0.376. The topological polar surface area (TPSA) is 116 Å². The van der Waals surface area contributed by atoms with Crippen LogP contribution >= 0.6 is 0 Å². The van der Waals surface area contributed by atoms with E-state index in [9.17, 15) is 9.90 Å². The minimum Gasteiger partial charge on any atom is -0.502 e. The first kappa shape index (κ1) is 19.4. The lowest BCUT2D eigenvalue weighted by Gasteiger charge is -2.08. The molecule has 0 saturated carbocycles. The molecule has 4 rings (SSSR count). The number of aromatic nitrogens is 2. The predicted octanol–water partition coefficient (Wildman–Crippen LogP) is 3.38. The lowest BCUT2D eigenvalue weighted by molar-refractivity contribution is 0.207. The molecule has 4 aromatic rings. The van der Waals surface area contributed by atoms with Crippen LogP contribution in [0.15, 0.2) is 75.4 Å². The van der Waals surface area contributed by atoms with Crippen LogP contribution < -0.4 is 11.2 Å². The Labute approximate surface area is 171 Å². The summed E-state index contributed by atoms with van der Waals surface area (Å²) in [6.45, 7) is 0.453. The van der Waals surface area contributed by atoms with Crippen LogP contribution in [0.4, 0.5) is 5.69 Å². The summed E-state index contributed by atoms with van der Waals surface area (Å²) in [5.41, 5.74) is 7.66. The van der Waals surface area contributed by atoms with E-state index in [0.29, 0.717) is 35.7 Å². The van der Waals surface area contributed by atoms with Crippen molar-refractivity contribution in [2.75, 3.05) is 13.7 Å². The highest BCUT2D eigenvalue weighted by Gasteiger charge is 2.16. The molecular weight excluding hydrogens is 384 g/mol. The van der Waals surface area contributed by atoms with Gasteiger partial charge in [0.05, 0.1) is 24.0 Å². The Morgan fingerprint density at radius 1 is 1.27 bits per heavy atom. The Morgan fingerprint density at radius 2 is 2.07 bits per heavy atom. The molecule has 30 heavy (non-hydrogen) atoms. The third-order valence-electron chi connectivity index (χ3n) is 4.62. The summed E-state index contributed by atoms with van der Waals surface area (Å²) in [5, 5.41) is 10.7. The van der Waals surface area contributed by atoms with E-state index in [2.05, 4.69) is 9.98 Å². The van der Waals surface area contributed by atoms with Crippen LogP contribution in [0.25, 0.3) is 28.0 Å². The highest BCUT2D eigenvalue weighted by molar-refractivity contribution is 5.87. The second-order valence-corrected chi connectivity index (χ2v) is 6.65. The number of amidine groups is 1. The van der Waals surface area contributed by atoms with Crippen molar-refractivity contribution in [2.45, 2.75) is 6.42 Å². The number of imidazole rings is 1. The van der Waals surface area contributed by atoms with Gasteiger partial charge in [-0.2, -0.15) is 0 Å². The fraction of sp³-hybridized carbons (Fsp3) is 0.136. The standard InChI is InChI=1S/C22H20N4O4/c1-29-11-8-19(23)25-15-4-7-18-17(12-15)20(27)21(28)22(30-18)14-2-5-16(6-3-14)26-10-9-24-13-26/h2-7,9-10,12-13,28H,8,11H2,1H3,(H2,23,25). The van der Waals surface area contributed by atoms with Crippen LogP contribution in [-0.4, -0.2) is 34.2 Å². The zero-order chi connectivity index (χ0) is 21.1. The average Bonchev–Trinajstić information content (AvgIpc) is 3.30. The first-order valence-electron chi connectivity index (χ1n) is 9.27. The Kier molecular flexibility index (Phi) is 5.32. The zero-order valence-electron chi connectivity index (χ0n) is 16.3. The van der Waals surface area contributed by atoms with Gasteiger partial charge in [0.1, 0.15) is 11.4 Å². The van der Waals surface area contributed by atoms with Gasteiger partial charge < -0.3 is 24.6 Å². The maximum Gasteiger partial charge on any atom is 0.235 e. The monoisotopic (exact) mass is 404 g/mol. The van der Waals surface area contributed by atoms with Gasteiger partial charge >= 0.3 is 0 Å². The first-order valence-corrected chi connectivity index (χ1v) is 9.27. The SMILES string of the molecule is COCCC(N)=Nc1ccc2oc(-c3ccc(-n4ccnc4)cc3)c(O)c(=O)c2c1. The highest BCUT2D eigenvalue weighted by Crippen LogP contribution is 2.31. The normalized spacial score (nSPS) is 11.8. The van der Waals surface area contributed by atoms with Crippen molar-refractivity contribution >= 4 is 22.5 Å². The minimum atomic E-state index is -0.530. The second-order valence-electron chi connectivity index (χ2n) is 6.65. The summed E-state index contributed by atoms with van der Waals surface area (Å²) >= 11 is 0. The summed E-state index contributed by atoms with van der Waals surface area (Å²) in [6.07, 6.45) is 5.67. The molecule has 0 aliphatic carbocycles. The van der Waals surface area contributed by atoms with E-state index in [-0.39, 0.29) is 11.1 Å². The lowest BCUT2D eigenvalue weighted by atomic mass is 10.1. The van der Waals surface area contributed by atoms with E-state index in [1.54, 1.807) is 50.0 Å². The van der Waals surface area contributed by atoms with Gasteiger partial charge in [0.15, 0.2) is 5.76 Å². The van der Waals surface area contributed by atoms with E-state index < -0.39 is 11.2 Å². The molecule has 8 nitrogen and oxygen atoms in total. The molecule has 0 spiro atoms. The van der Waals surface area contributed by atoms with Crippen molar-refractivity contribution in [1.29, 1.82) is 0 Å². The Bertz CT molecular complexity index is 1260. The van der Waals surface area contributed by atoms with E-state index in [1.807, 2.05) is 22.9 Å². The molecule has 0 fully saturated rings. The molecule has 0 atom stereocenters. The van der Waals surface area contributed by atoms with E-state index >= 15 is 0 Å². The second kappa shape index (κ2) is 8.22. The van der Waals surface area contributed by atoms with Crippen LogP contribution in [0.2, 0.25) is 0 Å². The van der Waals surface area contributed by atoms with Gasteiger partial charge in [-0.15, -0.1) is 0 Å². The highest BCUT2D eigenvalue weighted by atomic mass is 16.5. The molecule has 2 aromatic heterocycles. The molecule has 0 bridgehead atoms. The van der Waals surface area contributed by atoms with Crippen LogP contribution in [0.5, 0.6) is 5.75 Å². The number of rotatable bonds is 6. The number of methoxy groups -OCH3 is 1. The predicted molar refractivity (Wildman–Crippen MR) is 114 cm³/mol. The fourth-order valence-electron chi connectivity index (χ4n) is 3.06. The van der Waals surface area contributed by atoms with Gasteiger partial charge in [0, 0.05) is 37.2 Å². The van der Waals surface area contributed by atoms with Gasteiger partial charge in [-0.1, -0.05) is 0 Å². The number of aromatic hydroxyl groups is 1. The van der Waals surface area contributed by atoms with Gasteiger partial charge in [0.25, 0.3) is 0 Å². The molecule has 0 aliphatic heterocycles. The zero-order valence-corrected chi connectivity index (χ0v) is 16.3. The van der Waals surface area contributed by atoms with E-state index in [0.717, 1.165) is 5.69 Å². The summed E-state index contributed by atoms with van der Waals surface area (Å²) in [4.78, 5) is 21.1. The van der Waals surface area contributed by atoms with Crippen LogP contribution in [0.3, 0.4) is 0 Å². The molecule has 2 aromatic carbocycles. The van der Waals surface area contributed by atoms with Crippen molar-refractivity contribution in [2.24, 2.45) is 10.7 Å². The molecule has 152 valence electrons. The van der Waals surface area contributed by atoms with E-state index in [4.69, 9.17) is 14.9 Å². The molecular formula is C22H20N4O4. The number of fused-ring (bicyclic) bond motifs is 1. The number of hydrogen-bond acceptors (Lipinski definition) is 6. The summed E-state index contributed by atoms with van der Waals surface area (Å²) < 4.78 is 12.7. The van der Waals surface area contributed by atoms with Crippen molar-refractivity contribution in [1.82, 2.24) is 9.55 Å². The van der Waals surface area contributed by atoms with Crippen molar-refractivity contribution in [3.63, 3.8) is 0 Å². The summed E-state index contributed by atoms with van der Waals surface area (Å²) in [7, 11) is 1.58. The molecule has 0 aliphatic rings. The third-order valence-corrected chi connectivity index (χ3v) is 4.62. The molecule has 0 unspecified atom stereocenters. The van der Waals surface area contributed by atoms with Crippen LogP contribution in [0.1, 0.15) is 6.42 Å². The average molecular weight is 404 g/mol. The molecule has 0 saturated heterocycles. The van der Waals surface area contributed by atoms with Gasteiger partial charge in [-0.25, -0.2) is 9.98 Å². The van der Waals surface area contributed by atoms with E-state index in [1.165, 1.54) is 0 Å². The number of nitrogens with two attached hydrogens (primary N) is 1. The maximum atomic E-state index is 12.8. The molecule has 8 heteroatoms. The molecule has 0 radical (unpaired) electrons. The van der Waals surface area contributed by atoms with Crippen molar-refractivity contribution in [3.05, 3.63) is 71.4 Å². The largest absolute Gasteiger partial charge is 0.502 e. The molecule has 2 heterocycles. The number of benzene rings is 2. The lowest BCUT2D eigenvalue weighted by Crippen LogP contribution is -2.13. The van der Waals surface area contributed by atoms with Gasteiger partial charge in [-0.3, -0.25) is 4.79 Å². The first-order chi connectivity index (χ1) is 14.6. The number of ether oxygens (including phenoxy) is 1. The number of nitrogens with zero attached hydrogens (tertiary/aromatic N) is 3. The maximum absolute atomic E-state index is 12.8. The van der Waals surface area contributed by atoms with Gasteiger partial charge in [0.2, 0.25) is 11.2 Å². The summed E-state index contributed by atoms with van der Waals surface area (Å²) in [5.74, 6) is 0.0475. The summed E-state index contributed by atoms with van der Waals surface area (Å²) in [6, 6.07) is 12.1. The number of hydrogen-bond donors (Lipinski definition) is 2. The molecule has 0 amide bonds. The minimum absolute atomic E-state index is 0.112. The van der Waals surface area contributed by atoms with Crippen LogP contribution in [0, 0.1) is 0 Å². The number of aliphatic imine (C=N–C) groups is 1. The Balaban J connectivity index is 1.71. The van der Waals surface area contributed by atoms with Crippen LogP contribution in [-0.2, 0) is 4.74 Å². The molecule has 3 N–H and O–H groups in total. The third kappa shape index (κ3) is 3.81. The Hall–Kier alpha value is -3.91. The Morgan fingerprint density at radius 3 is 2.77 bits per heavy atom.